The van der Waals surface area contributed by atoms with E-state index < -0.39 is 47.2 Å². The van der Waals surface area contributed by atoms with Crippen molar-refractivity contribution in [2.45, 2.75) is 16.6 Å². The van der Waals surface area contributed by atoms with E-state index in [-0.39, 0.29) is 29.6 Å². The summed E-state index contributed by atoms with van der Waals surface area (Å²) in [6.45, 7) is -0.824. The first-order valence-electron chi connectivity index (χ1n) is 9.72. The highest BCUT2D eigenvalue weighted by Gasteiger charge is 2.57. The summed E-state index contributed by atoms with van der Waals surface area (Å²) in [5.74, 6) is -3.37. The third kappa shape index (κ3) is 5.05. The molecule has 0 bridgehead atoms. The Kier molecular flexibility index (Phi) is 7.17. The van der Waals surface area contributed by atoms with Gasteiger partial charge in [-0.1, -0.05) is 16.9 Å². The number of tetrazole rings is 1. The average Bonchev–Trinajstić information content (AvgIpc) is 3.50. The van der Waals surface area contributed by atoms with Gasteiger partial charge in [-0.05, 0) is 22.0 Å². The molecule has 0 radical (unpaired) electrons. The molecular weight excluding hydrogens is 526 g/mol. The minimum Gasteiger partial charge on any atom is -0.481 e. The lowest BCUT2D eigenvalue weighted by atomic mass is 9.89. The number of thioether (sulfide) groups is 2. The van der Waals surface area contributed by atoms with Gasteiger partial charge >= 0.3 is 11.9 Å². The van der Waals surface area contributed by atoms with Crippen LogP contribution in [0.2, 0.25) is 0 Å². The number of nitrogens with one attached hydrogen (secondary N) is 1. The Bertz CT molecular complexity index is 1170. The normalized spacial score (nSPS) is 23.9. The third-order valence-corrected chi connectivity index (χ3v) is 8.44. The molecule has 0 saturated carbocycles. The smallest absolute Gasteiger partial charge is 0.344 e. The number of carbonyl (C=O) groups is 4. The van der Waals surface area contributed by atoms with Crippen molar-refractivity contribution in [3.05, 3.63) is 11.3 Å². The maximum absolute atomic E-state index is 12.8. The maximum Gasteiger partial charge on any atom is 0.344 e. The Morgan fingerprint density at radius 3 is 2.83 bits per heavy atom. The summed E-state index contributed by atoms with van der Waals surface area (Å²) in [5, 5.41) is 35.8. The summed E-state index contributed by atoms with van der Waals surface area (Å²) in [7, 11) is 1.64. The molecule has 3 atom stereocenters. The molecule has 186 valence electrons. The van der Waals surface area contributed by atoms with Crippen molar-refractivity contribution in [1.29, 1.82) is 0 Å². The summed E-state index contributed by atoms with van der Waals surface area (Å²) in [6.07, 6.45) is 0. The SMILES string of the molecule is Cn1nnnc1SCC1(C(=O)O)CS[C@@H]2C(NC(=O)C(=NOCC(=O)O)c3ncsn3)C(=O)N2C1. The van der Waals surface area contributed by atoms with Crippen LogP contribution in [0.15, 0.2) is 15.8 Å². The molecular formula is C16H17N9O7S3. The topological polar surface area (TPSA) is 215 Å². The molecule has 2 unspecified atom stereocenters. The average molecular weight is 544 g/mol. The number of carboxylic acids is 2. The minimum atomic E-state index is -1.29. The van der Waals surface area contributed by atoms with Gasteiger partial charge in [-0.2, -0.15) is 4.37 Å². The molecule has 16 nitrogen and oxygen atoms in total. The van der Waals surface area contributed by atoms with Crippen molar-refractivity contribution in [1.82, 2.24) is 39.8 Å². The first-order chi connectivity index (χ1) is 16.7. The molecule has 2 aromatic rings. The van der Waals surface area contributed by atoms with Crippen LogP contribution in [0.3, 0.4) is 0 Å². The Balaban J connectivity index is 1.42. The zero-order valence-corrected chi connectivity index (χ0v) is 20.2. The first kappa shape index (κ1) is 24.8. The predicted molar refractivity (Wildman–Crippen MR) is 120 cm³/mol. The highest BCUT2D eigenvalue weighted by Crippen LogP contribution is 2.44. The third-order valence-electron chi connectivity index (χ3n) is 5.08. The van der Waals surface area contributed by atoms with E-state index in [9.17, 15) is 24.3 Å². The zero-order valence-electron chi connectivity index (χ0n) is 17.8. The van der Waals surface area contributed by atoms with Crippen LogP contribution in [0.5, 0.6) is 0 Å². The fourth-order valence-electron chi connectivity index (χ4n) is 3.27. The second-order valence-corrected chi connectivity index (χ2v) is 10.1. The number of aliphatic carboxylic acids is 2. The molecule has 4 heterocycles. The number of aryl methyl sites for hydroxylation is 1. The van der Waals surface area contributed by atoms with Crippen molar-refractivity contribution in [2.24, 2.45) is 17.6 Å². The number of β-lactam (4-membered cyclic amide) rings is 1. The van der Waals surface area contributed by atoms with E-state index >= 15 is 0 Å². The number of carbonyl (C=O) groups excluding carboxylic acids is 2. The summed E-state index contributed by atoms with van der Waals surface area (Å²) in [4.78, 5) is 58.4. The summed E-state index contributed by atoms with van der Waals surface area (Å²) < 4.78 is 5.33. The van der Waals surface area contributed by atoms with E-state index in [1.165, 1.54) is 38.6 Å². The predicted octanol–water partition coefficient (Wildman–Crippen LogP) is -1.87. The Hall–Kier alpha value is -3.32. The number of amides is 2. The Labute approximate surface area is 208 Å². The van der Waals surface area contributed by atoms with E-state index in [1.807, 2.05) is 0 Å². The molecule has 2 amide bonds. The molecule has 2 aliphatic heterocycles. The number of rotatable bonds is 10. The van der Waals surface area contributed by atoms with E-state index in [0.29, 0.717) is 5.16 Å². The molecule has 3 N–H and O–H groups in total. The molecule has 2 aliphatic rings. The number of hydrogen-bond donors (Lipinski definition) is 3. The van der Waals surface area contributed by atoms with E-state index in [1.54, 1.807) is 7.05 Å². The second-order valence-electron chi connectivity index (χ2n) is 7.44. The van der Waals surface area contributed by atoms with Crippen LogP contribution in [-0.2, 0) is 31.1 Å². The summed E-state index contributed by atoms with van der Waals surface area (Å²) in [5.41, 5.74) is -0.263. The van der Waals surface area contributed by atoms with Gasteiger partial charge < -0.3 is 25.3 Å². The lowest BCUT2D eigenvalue weighted by Gasteiger charge is -2.53. The van der Waals surface area contributed by atoms with Gasteiger partial charge in [-0.25, -0.2) is 14.5 Å². The number of aromatic nitrogens is 6. The van der Waals surface area contributed by atoms with E-state index in [4.69, 9.17) is 5.11 Å². The number of carboxylic acid groups (broad SMARTS) is 2. The molecule has 2 fully saturated rings. The molecule has 0 aliphatic carbocycles. The number of nitrogens with zero attached hydrogens (tertiary/aromatic N) is 8. The molecule has 2 saturated heterocycles. The van der Waals surface area contributed by atoms with Gasteiger partial charge in [0.05, 0.1) is 0 Å². The highest BCUT2D eigenvalue weighted by atomic mass is 32.2. The van der Waals surface area contributed by atoms with Crippen LogP contribution in [0.1, 0.15) is 5.82 Å². The zero-order chi connectivity index (χ0) is 25.2. The van der Waals surface area contributed by atoms with Crippen molar-refractivity contribution in [3.63, 3.8) is 0 Å². The molecule has 4 rings (SSSR count). The van der Waals surface area contributed by atoms with E-state index in [2.05, 4.69) is 40.2 Å². The van der Waals surface area contributed by atoms with Gasteiger partial charge in [-0.15, -0.1) is 16.9 Å². The lowest BCUT2D eigenvalue weighted by Crippen LogP contribution is -2.74. The molecule has 0 aromatic carbocycles. The highest BCUT2D eigenvalue weighted by molar-refractivity contribution is 8.00. The first-order valence-corrected chi connectivity index (χ1v) is 12.6. The molecule has 2 aromatic heterocycles. The van der Waals surface area contributed by atoms with Crippen LogP contribution in [0.25, 0.3) is 0 Å². The Morgan fingerprint density at radius 1 is 1.40 bits per heavy atom. The van der Waals surface area contributed by atoms with Crippen LogP contribution in [0, 0.1) is 5.41 Å². The molecule has 35 heavy (non-hydrogen) atoms. The van der Waals surface area contributed by atoms with Crippen LogP contribution >= 0.6 is 35.1 Å². The number of hydrogen-bond acceptors (Lipinski definition) is 14. The number of oxime groups is 1. The fourth-order valence-corrected chi connectivity index (χ4v) is 6.41. The van der Waals surface area contributed by atoms with Crippen LogP contribution < -0.4 is 5.32 Å². The maximum atomic E-state index is 12.8. The van der Waals surface area contributed by atoms with Crippen LogP contribution in [0.4, 0.5) is 0 Å². The second kappa shape index (κ2) is 10.1. The van der Waals surface area contributed by atoms with Gasteiger partial charge in [0.2, 0.25) is 29.2 Å². The fraction of sp³-hybridized carbons (Fsp3) is 0.500. The lowest BCUT2D eigenvalue weighted by molar-refractivity contribution is -0.157. The Morgan fingerprint density at radius 2 is 2.20 bits per heavy atom. The molecule has 0 spiro atoms. The summed E-state index contributed by atoms with van der Waals surface area (Å²) >= 11 is 3.36. The standard InChI is InChI=1S/C16H17N9O7S3/c1-24-15(19-22-23-24)34-5-16(14(30)31)3-25-12(29)9(13(25)33-4-16)18-11(28)8(10-17-6-35-21-10)20-32-2-7(26)27/h6,9,13H,2-5H2,1H3,(H,18,28)(H,26,27)(H,30,31)/t9?,13-,16?/m1/s1. The van der Waals surface area contributed by atoms with E-state index in [0.717, 1.165) is 11.5 Å². The number of fused-ring (bicyclic) bond motifs is 1. The van der Waals surface area contributed by atoms with Gasteiger partial charge in [0.1, 0.15) is 22.3 Å². The van der Waals surface area contributed by atoms with Gasteiger partial charge in [0.25, 0.3) is 5.91 Å². The van der Waals surface area contributed by atoms with Gasteiger partial charge in [0.15, 0.2) is 0 Å². The molecule has 19 heteroatoms. The quantitative estimate of drug-likeness (QED) is 0.130. The van der Waals surface area contributed by atoms with Crippen LogP contribution in [-0.4, -0.2) is 110 Å². The largest absolute Gasteiger partial charge is 0.481 e. The monoisotopic (exact) mass is 543 g/mol. The summed E-state index contributed by atoms with van der Waals surface area (Å²) in [6, 6.07) is -0.932. The van der Waals surface area contributed by atoms with Gasteiger partial charge in [-0.3, -0.25) is 14.4 Å². The van der Waals surface area contributed by atoms with Crippen molar-refractivity contribution in [2.75, 3.05) is 24.7 Å². The van der Waals surface area contributed by atoms with Crippen molar-refractivity contribution >= 4 is 64.5 Å². The van der Waals surface area contributed by atoms with Crippen molar-refractivity contribution in [3.8, 4) is 0 Å². The van der Waals surface area contributed by atoms with Crippen molar-refractivity contribution < 1.29 is 34.2 Å². The van der Waals surface area contributed by atoms with Gasteiger partial charge in [0, 0.05) is 25.1 Å². The minimum absolute atomic E-state index is 0.0419.